The lowest BCUT2D eigenvalue weighted by atomic mass is 9.99. The standard InChI is InChI=1S/C14H17N3O3S/c1-14(2,8-7-11(18)19)17-12(20)16-13-15-9-5-3-4-6-10(9)21-13/h3-6H,7-8H2,1-2H3,(H,18,19)(H2,15,16,17,20). The maximum Gasteiger partial charge on any atom is 0.321 e. The fraction of sp³-hybridized carbons (Fsp3) is 0.357. The first-order chi connectivity index (χ1) is 9.85. The van der Waals surface area contributed by atoms with Gasteiger partial charge in [-0.15, -0.1) is 0 Å². The third-order valence-electron chi connectivity index (χ3n) is 2.93. The van der Waals surface area contributed by atoms with Crippen molar-refractivity contribution in [1.29, 1.82) is 0 Å². The van der Waals surface area contributed by atoms with Gasteiger partial charge in [-0.25, -0.2) is 9.78 Å². The molecule has 0 fully saturated rings. The number of carboxylic acids is 1. The first-order valence-electron chi connectivity index (χ1n) is 6.52. The van der Waals surface area contributed by atoms with Gasteiger partial charge in [0.25, 0.3) is 0 Å². The number of amides is 2. The maximum atomic E-state index is 11.9. The van der Waals surface area contributed by atoms with E-state index < -0.39 is 11.5 Å². The van der Waals surface area contributed by atoms with Gasteiger partial charge < -0.3 is 10.4 Å². The second-order valence-corrected chi connectivity index (χ2v) is 6.37. The van der Waals surface area contributed by atoms with Crippen LogP contribution in [-0.4, -0.2) is 27.6 Å². The number of nitrogens with zero attached hydrogens (tertiary/aromatic N) is 1. The molecule has 0 saturated carbocycles. The zero-order chi connectivity index (χ0) is 15.5. The highest BCUT2D eigenvalue weighted by Crippen LogP contribution is 2.25. The van der Waals surface area contributed by atoms with E-state index in [1.165, 1.54) is 11.3 Å². The molecule has 0 atom stereocenters. The van der Waals surface area contributed by atoms with E-state index in [0.29, 0.717) is 11.6 Å². The Morgan fingerprint density at radius 1 is 1.33 bits per heavy atom. The molecule has 0 aliphatic carbocycles. The van der Waals surface area contributed by atoms with Crippen LogP contribution >= 0.6 is 11.3 Å². The van der Waals surface area contributed by atoms with Gasteiger partial charge >= 0.3 is 12.0 Å². The van der Waals surface area contributed by atoms with Gasteiger partial charge in [0.2, 0.25) is 0 Å². The Kier molecular flexibility index (Phi) is 4.42. The monoisotopic (exact) mass is 307 g/mol. The van der Waals surface area contributed by atoms with Crippen molar-refractivity contribution in [2.75, 3.05) is 5.32 Å². The van der Waals surface area contributed by atoms with E-state index in [2.05, 4.69) is 15.6 Å². The van der Waals surface area contributed by atoms with Crippen LogP contribution in [0.1, 0.15) is 26.7 Å². The lowest BCUT2D eigenvalue weighted by Gasteiger charge is -2.25. The minimum Gasteiger partial charge on any atom is -0.481 e. The predicted octanol–water partition coefficient (Wildman–Crippen LogP) is 3.06. The SMILES string of the molecule is CC(C)(CCC(=O)O)NC(=O)Nc1nc2ccccc2s1. The number of aromatic nitrogens is 1. The average Bonchev–Trinajstić information content (AvgIpc) is 2.77. The molecule has 2 aromatic rings. The minimum absolute atomic E-state index is 0.00835. The number of carbonyl (C=O) groups excluding carboxylic acids is 1. The largest absolute Gasteiger partial charge is 0.481 e. The van der Waals surface area contributed by atoms with Gasteiger partial charge in [0, 0.05) is 12.0 Å². The quantitative estimate of drug-likeness (QED) is 0.791. The highest BCUT2D eigenvalue weighted by Gasteiger charge is 2.22. The minimum atomic E-state index is -0.878. The van der Waals surface area contributed by atoms with E-state index >= 15 is 0 Å². The first-order valence-corrected chi connectivity index (χ1v) is 7.34. The summed E-state index contributed by atoms with van der Waals surface area (Å²) in [5.41, 5.74) is 0.238. The highest BCUT2D eigenvalue weighted by molar-refractivity contribution is 7.22. The van der Waals surface area contributed by atoms with E-state index in [9.17, 15) is 9.59 Å². The Labute approximate surface area is 126 Å². The van der Waals surface area contributed by atoms with Crippen molar-refractivity contribution in [2.24, 2.45) is 0 Å². The number of anilines is 1. The molecular formula is C14H17N3O3S. The number of fused-ring (bicyclic) bond motifs is 1. The summed E-state index contributed by atoms with van der Waals surface area (Å²) >= 11 is 1.39. The second-order valence-electron chi connectivity index (χ2n) is 5.34. The van der Waals surface area contributed by atoms with Crippen molar-refractivity contribution in [3.05, 3.63) is 24.3 Å². The molecule has 6 nitrogen and oxygen atoms in total. The zero-order valence-electron chi connectivity index (χ0n) is 11.8. The van der Waals surface area contributed by atoms with Crippen LogP contribution in [0.3, 0.4) is 0 Å². The first kappa shape index (κ1) is 15.2. The Hall–Kier alpha value is -2.15. The fourth-order valence-corrected chi connectivity index (χ4v) is 2.70. The van der Waals surface area contributed by atoms with Crippen molar-refractivity contribution < 1.29 is 14.7 Å². The summed E-state index contributed by atoms with van der Waals surface area (Å²) in [7, 11) is 0. The lowest BCUT2D eigenvalue weighted by molar-refractivity contribution is -0.137. The molecule has 21 heavy (non-hydrogen) atoms. The molecule has 0 bridgehead atoms. The zero-order valence-corrected chi connectivity index (χ0v) is 12.7. The summed E-state index contributed by atoms with van der Waals surface area (Å²) in [6, 6.07) is 7.24. The topological polar surface area (TPSA) is 91.3 Å². The molecule has 0 spiro atoms. The summed E-state index contributed by atoms with van der Waals surface area (Å²) in [6.45, 7) is 3.57. The molecule has 1 aromatic carbocycles. The lowest BCUT2D eigenvalue weighted by Crippen LogP contribution is -2.45. The number of carbonyl (C=O) groups is 2. The van der Waals surface area contributed by atoms with Gasteiger partial charge in [-0.05, 0) is 32.4 Å². The number of rotatable bonds is 5. The summed E-state index contributed by atoms with van der Waals surface area (Å²) in [4.78, 5) is 26.8. The van der Waals surface area contributed by atoms with Crippen LogP contribution in [0.25, 0.3) is 10.2 Å². The normalized spacial score (nSPS) is 11.3. The number of benzene rings is 1. The van der Waals surface area contributed by atoms with Gasteiger partial charge in [0.1, 0.15) is 0 Å². The maximum absolute atomic E-state index is 11.9. The van der Waals surface area contributed by atoms with Gasteiger partial charge in [0.05, 0.1) is 10.2 Å². The highest BCUT2D eigenvalue weighted by atomic mass is 32.1. The summed E-state index contributed by atoms with van der Waals surface area (Å²) in [5, 5.41) is 14.6. The van der Waals surface area contributed by atoms with Crippen LogP contribution in [0.5, 0.6) is 0 Å². The third-order valence-corrected chi connectivity index (χ3v) is 3.88. The molecule has 0 saturated heterocycles. The molecule has 2 amide bonds. The van der Waals surface area contributed by atoms with Crippen molar-refractivity contribution in [2.45, 2.75) is 32.2 Å². The predicted molar refractivity (Wildman–Crippen MR) is 82.7 cm³/mol. The molecule has 1 heterocycles. The van der Waals surface area contributed by atoms with Crippen LogP contribution in [0, 0.1) is 0 Å². The summed E-state index contributed by atoms with van der Waals surface area (Å²) in [5.74, 6) is -0.878. The molecule has 0 aliphatic heterocycles. The smallest absolute Gasteiger partial charge is 0.321 e. The summed E-state index contributed by atoms with van der Waals surface area (Å²) < 4.78 is 0.998. The van der Waals surface area contributed by atoms with E-state index in [-0.39, 0.29) is 12.5 Å². The van der Waals surface area contributed by atoms with Crippen LogP contribution in [0.15, 0.2) is 24.3 Å². The van der Waals surface area contributed by atoms with E-state index in [1.807, 2.05) is 24.3 Å². The van der Waals surface area contributed by atoms with E-state index in [1.54, 1.807) is 13.8 Å². The van der Waals surface area contributed by atoms with E-state index in [4.69, 9.17) is 5.11 Å². The molecular weight excluding hydrogens is 290 g/mol. The van der Waals surface area contributed by atoms with Crippen LogP contribution in [-0.2, 0) is 4.79 Å². The number of para-hydroxylation sites is 1. The Morgan fingerprint density at radius 2 is 2.05 bits per heavy atom. The van der Waals surface area contributed by atoms with Gasteiger partial charge in [-0.2, -0.15) is 0 Å². The second kappa shape index (κ2) is 6.09. The Balaban J connectivity index is 1.96. The van der Waals surface area contributed by atoms with E-state index in [0.717, 1.165) is 10.2 Å². The van der Waals surface area contributed by atoms with Crippen LogP contribution in [0.4, 0.5) is 9.93 Å². The molecule has 3 N–H and O–H groups in total. The number of hydrogen-bond acceptors (Lipinski definition) is 4. The summed E-state index contributed by atoms with van der Waals surface area (Å²) in [6.07, 6.45) is 0.365. The van der Waals surface area contributed by atoms with Crippen molar-refractivity contribution in [1.82, 2.24) is 10.3 Å². The molecule has 0 aliphatic rings. The Bertz CT molecular complexity index is 633. The number of carboxylic acid groups (broad SMARTS) is 1. The number of thiazole rings is 1. The molecule has 0 unspecified atom stereocenters. The van der Waals surface area contributed by atoms with Crippen molar-refractivity contribution >= 4 is 38.7 Å². The molecule has 112 valence electrons. The molecule has 0 radical (unpaired) electrons. The van der Waals surface area contributed by atoms with Gasteiger partial charge in [-0.1, -0.05) is 23.5 Å². The average molecular weight is 307 g/mol. The van der Waals surface area contributed by atoms with Crippen molar-refractivity contribution in [3.8, 4) is 0 Å². The molecule has 7 heteroatoms. The molecule has 2 rings (SSSR count). The Morgan fingerprint density at radius 3 is 2.71 bits per heavy atom. The fourth-order valence-electron chi connectivity index (χ4n) is 1.84. The van der Waals surface area contributed by atoms with Crippen LogP contribution < -0.4 is 10.6 Å². The van der Waals surface area contributed by atoms with Gasteiger partial charge in [0.15, 0.2) is 5.13 Å². The van der Waals surface area contributed by atoms with Gasteiger partial charge in [-0.3, -0.25) is 10.1 Å². The number of urea groups is 1. The number of nitrogens with one attached hydrogen (secondary N) is 2. The molecule has 1 aromatic heterocycles. The number of aliphatic carboxylic acids is 1. The number of hydrogen-bond donors (Lipinski definition) is 3. The van der Waals surface area contributed by atoms with Crippen LogP contribution in [0.2, 0.25) is 0 Å². The van der Waals surface area contributed by atoms with Crippen molar-refractivity contribution in [3.63, 3.8) is 0 Å². The third kappa shape index (κ3) is 4.42.